The van der Waals surface area contributed by atoms with Crippen LogP contribution in [0.2, 0.25) is 0 Å². The number of alkyl halides is 3. The summed E-state index contributed by atoms with van der Waals surface area (Å²) in [6.07, 6.45) is -0.505. The summed E-state index contributed by atoms with van der Waals surface area (Å²) < 4.78 is 47.3. The van der Waals surface area contributed by atoms with Crippen molar-refractivity contribution in [2.75, 3.05) is 45.3 Å². The number of likely N-dealkylation sites (N-methyl/N-ethyl adjacent to an activating group) is 3. The van der Waals surface area contributed by atoms with E-state index in [1.165, 1.54) is 4.90 Å². The van der Waals surface area contributed by atoms with Crippen LogP contribution in [-0.4, -0.2) is 99.8 Å². The highest BCUT2D eigenvalue weighted by Crippen LogP contribution is 2.41. The molecule has 0 saturated carbocycles. The minimum Gasteiger partial charge on any atom is -0.378 e. The Morgan fingerprint density at radius 2 is 1.83 bits per heavy atom. The summed E-state index contributed by atoms with van der Waals surface area (Å²) in [7, 11) is 3.68. The number of carbonyl (C=O) groups excluding carboxylic acids is 3. The summed E-state index contributed by atoms with van der Waals surface area (Å²) in [6, 6.07) is 16.3. The lowest BCUT2D eigenvalue weighted by atomic mass is 9.82. The number of benzene rings is 2. The molecule has 0 radical (unpaired) electrons. The van der Waals surface area contributed by atoms with Crippen LogP contribution in [0.1, 0.15) is 52.8 Å². The second-order valence-corrected chi connectivity index (χ2v) is 12.8. The molecule has 52 heavy (non-hydrogen) atoms. The van der Waals surface area contributed by atoms with Crippen molar-refractivity contribution < 1.29 is 32.3 Å². The summed E-state index contributed by atoms with van der Waals surface area (Å²) in [5.74, 6) is -2.70. The minimum absolute atomic E-state index is 0.135. The molecule has 0 aliphatic carbocycles. The van der Waals surface area contributed by atoms with Crippen LogP contribution in [0.5, 0.6) is 0 Å². The number of amides is 3. The molecule has 2 atom stereocenters. The van der Waals surface area contributed by atoms with Crippen molar-refractivity contribution in [2.45, 2.75) is 44.6 Å². The molecule has 4 aromatic rings. The highest BCUT2D eigenvalue weighted by atomic mass is 19.4. The third-order valence-corrected chi connectivity index (χ3v) is 9.34. The van der Waals surface area contributed by atoms with E-state index < -0.39 is 41.5 Å². The van der Waals surface area contributed by atoms with Crippen molar-refractivity contribution in [1.29, 1.82) is 0 Å². The zero-order valence-electron chi connectivity index (χ0n) is 29.2. The van der Waals surface area contributed by atoms with Crippen LogP contribution in [-0.2, 0) is 27.0 Å². The number of hydrogen-bond donors (Lipinski definition) is 1. The van der Waals surface area contributed by atoms with Crippen LogP contribution in [0.25, 0.3) is 5.69 Å². The van der Waals surface area contributed by atoms with Gasteiger partial charge in [0.25, 0.3) is 17.7 Å². The fourth-order valence-corrected chi connectivity index (χ4v) is 6.48. The van der Waals surface area contributed by atoms with Crippen LogP contribution >= 0.6 is 0 Å². The van der Waals surface area contributed by atoms with Crippen molar-refractivity contribution in [3.63, 3.8) is 0 Å². The number of nitrogens with zero attached hydrogens (tertiary/aromatic N) is 7. The highest BCUT2D eigenvalue weighted by molar-refractivity contribution is 6.04. The van der Waals surface area contributed by atoms with Gasteiger partial charge in [-0.3, -0.25) is 24.2 Å². The van der Waals surface area contributed by atoms with Gasteiger partial charge in [-0.05, 0) is 50.2 Å². The first-order chi connectivity index (χ1) is 24.9. The van der Waals surface area contributed by atoms with Gasteiger partial charge in [0.15, 0.2) is 0 Å². The van der Waals surface area contributed by atoms with Gasteiger partial charge in [0.05, 0.1) is 31.1 Å². The van der Waals surface area contributed by atoms with Gasteiger partial charge < -0.3 is 15.0 Å². The maximum Gasteiger partial charge on any atom is 0.433 e. The fourth-order valence-electron chi connectivity index (χ4n) is 6.48. The molecule has 2 aromatic heterocycles. The number of halogens is 3. The number of nitrogens with one attached hydrogen (secondary N) is 1. The lowest BCUT2D eigenvalue weighted by molar-refractivity contribution is -0.141. The molecule has 0 spiro atoms. The Hall–Kier alpha value is -5.41. The molecule has 0 unspecified atom stereocenters. The fraction of sp³-hybridized carbons (Fsp3) is 0.351. The Morgan fingerprint density at radius 3 is 2.48 bits per heavy atom. The third kappa shape index (κ3) is 7.32. The standard InChI is InChI=1S/C37H39F3N8O4/c1-5-24(20-45(3)27-21-52-22-27)35(50)46(4)19-23-11-10-12-25(17-23)30-28-18-42-48(26-13-8-7-9-14-26)34(28)47(6-2)36(51)31(30)44-33(49)32-41-16-15-29(43-32)37(38,39)40/h5,7-18,27,30-31H,6,19-22H2,1-4H3,(H,44,49)/b24-5+/t30-,31+/m1/s1. The van der Waals surface area contributed by atoms with E-state index in [4.69, 9.17) is 4.74 Å². The minimum atomic E-state index is -4.80. The number of allylic oxidation sites excluding steroid dienone is 1. The third-order valence-electron chi connectivity index (χ3n) is 9.34. The molecule has 12 nitrogen and oxygen atoms in total. The number of fused-ring (bicyclic) bond motifs is 1. The van der Waals surface area contributed by atoms with E-state index in [9.17, 15) is 27.6 Å². The van der Waals surface area contributed by atoms with Gasteiger partial charge in [-0.25, -0.2) is 14.6 Å². The van der Waals surface area contributed by atoms with E-state index in [1.807, 2.05) is 68.6 Å². The molecule has 1 N–H and O–H groups in total. The Labute approximate surface area is 298 Å². The monoisotopic (exact) mass is 716 g/mol. The average molecular weight is 717 g/mol. The van der Waals surface area contributed by atoms with Crippen molar-refractivity contribution in [3.8, 4) is 5.69 Å². The molecule has 2 aliphatic rings. The molecule has 4 heterocycles. The van der Waals surface area contributed by atoms with Gasteiger partial charge in [-0.2, -0.15) is 18.3 Å². The van der Waals surface area contributed by atoms with E-state index in [0.29, 0.717) is 54.0 Å². The SMILES string of the molecule is C/C=C(\CN(C)C1COC1)C(=O)N(C)Cc1cccc([C@@H]2c3cnn(-c4ccccc4)c3N(CC)C(=O)[C@H]2NC(=O)c2nccc(C(F)(F)F)n2)c1. The maximum absolute atomic E-state index is 14.4. The highest BCUT2D eigenvalue weighted by Gasteiger charge is 2.45. The Morgan fingerprint density at radius 1 is 1.08 bits per heavy atom. The molecule has 6 rings (SSSR count). The Kier molecular flexibility index (Phi) is 10.5. The van der Waals surface area contributed by atoms with Crippen LogP contribution in [0.4, 0.5) is 19.0 Å². The summed E-state index contributed by atoms with van der Waals surface area (Å²) in [6.45, 7) is 5.80. The second-order valence-electron chi connectivity index (χ2n) is 12.8. The Balaban J connectivity index is 1.35. The van der Waals surface area contributed by atoms with Gasteiger partial charge in [-0.15, -0.1) is 0 Å². The first kappa shape index (κ1) is 36.4. The quantitative estimate of drug-likeness (QED) is 0.229. The summed E-state index contributed by atoms with van der Waals surface area (Å²) in [5, 5.41) is 7.30. The average Bonchev–Trinajstić information content (AvgIpc) is 3.54. The number of hydrogen-bond acceptors (Lipinski definition) is 8. The first-order valence-corrected chi connectivity index (χ1v) is 16.8. The van der Waals surface area contributed by atoms with E-state index >= 15 is 0 Å². The zero-order valence-corrected chi connectivity index (χ0v) is 29.2. The molecule has 1 saturated heterocycles. The van der Waals surface area contributed by atoms with E-state index in [-0.39, 0.29) is 25.0 Å². The maximum atomic E-state index is 14.4. The van der Waals surface area contributed by atoms with Gasteiger partial charge in [0.2, 0.25) is 5.82 Å². The van der Waals surface area contributed by atoms with Crippen LogP contribution in [0, 0.1) is 0 Å². The molecule has 1 fully saturated rings. The van der Waals surface area contributed by atoms with E-state index in [0.717, 1.165) is 11.8 Å². The Bertz CT molecular complexity index is 1980. The predicted octanol–water partition coefficient (Wildman–Crippen LogP) is 4.21. The number of anilines is 1. The molecule has 2 aliphatic heterocycles. The van der Waals surface area contributed by atoms with Gasteiger partial charge in [-0.1, -0.05) is 48.5 Å². The molecule has 2 aromatic carbocycles. The van der Waals surface area contributed by atoms with E-state index in [2.05, 4.69) is 25.3 Å². The lowest BCUT2D eigenvalue weighted by Crippen LogP contribution is -2.55. The zero-order chi connectivity index (χ0) is 37.2. The number of rotatable bonds is 11. The smallest absolute Gasteiger partial charge is 0.378 e. The normalized spacial score (nSPS) is 17.9. The van der Waals surface area contributed by atoms with Crippen molar-refractivity contribution in [1.82, 2.24) is 34.9 Å². The van der Waals surface area contributed by atoms with E-state index in [1.54, 1.807) is 35.8 Å². The van der Waals surface area contributed by atoms with Gasteiger partial charge >= 0.3 is 6.18 Å². The number of para-hydroxylation sites is 1. The number of aromatic nitrogens is 4. The van der Waals surface area contributed by atoms with Gasteiger partial charge in [0.1, 0.15) is 17.6 Å². The predicted molar refractivity (Wildman–Crippen MR) is 186 cm³/mol. The van der Waals surface area contributed by atoms with Crippen molar-refractivity contribution in [3.05, 3.63) is 113 Å². The summed E-state index contributed by atoms with van der Waals surface area (Å²) >= 11 is 0. The van der Waals surface area contributed by atoms with Crippen LogP contribution in [0.15, 0.2) is 84.7 Å². The van der Waals surface area contributed by atoms with Gasteiger partial charge in [0, 0.05) is 49.9 Å². The second kappa shape index (κ2) is 15.1. The molecule has 3 amide bonds. The van der Waals surface area contributed by atoms with Crippen molar-refractivity contribution >= 4 is 23.5 Å². The number of carbonyl (C=O) groups is 3. The summed E-state index contributed by atoms with van der Waals surface area (Å²) in [4.78, 5) is 53.9. The molecular weight excluding hydrogens is 677 g/mol. The molecular formula is C37H39F3N8O4. The van der Waals surface area contributed by atoms with Crippen LogP contribution < -0.4 is 10.2 Å². The lowest BCUT2D eigenvalue weighted by Gasteiger charge is -2.38. The number of ether oxygens (including phenoxy) is 1. The van der Waals surface area contributed by atoms with Crippen molar-refractivity contribution in [2.24, 2.45) is 0 Å². The molecule has 0 bridgehead atoms. The topological polar surface area (TPSA) is 126 Å². The molecule has 15 heteroatoms. The molecule has 272 valence electrons. The first-order valence-electron chi connectivity index (χ1n) is 16.8. The van der Waals surface area contributed by atoms with Crippen LogP contribution in [0.3, 0.4) is 0 Å². The summed E-state index contributed by atoms with van der Waals surface area (Å²) in [5.41, 5.74) is 2.07. The largest absolute Gasteiger partial charge is 0.433 e.